The number of hydrogen-bond donors (Lipinski definition) is 2. The predicted octanol–water partition coefficient (Wildman–Crippen LogP) is 2.02. The third-order valence-corrected chi connectivity index (χ3v) is 3.14. The molecule has 0 aliphatic heterocycles. The lowest BCUT2D eigenvalue weighted by atomic mass is 9.96. The average Bonchev–Trinajstić information content (AvgIpc) is 2.35. The van der Waals surface area contributed by atoms with E-state index in [2.05, 4.69) is 31.3 Å². The second-order valence-electron chi connectivity index (χ2n) is 4.72. The molecule has 1 aromatic rings. The highest BCUT2D eigenvalue weighted by molar-refractivity contribution is 5.26. The standard InChI is InChI=1S/C14H24N2O/c1-11(2)13(8-15)10-16-9-12-4-6-14(17-3)7-5-12/h4-7,11,13,16H,8-10,15H2,1-3H3. The number of nitrogens with two attached hydrogens (primary N) is 1. The monoisotopic (exact) mass is 236 g/mol. The quantitative estimate of drug-likeness (QED) is 0.761. The molecule has 96 valence electrons. The van der Waals surface area contributed by atoms with Crippen molar-refractivity contribution >= 4 is 0 Å². The van der Waals surface area contributed by atoms with Crippen LogP contribution in [0.3, 0.4) is 0 Å². The molecule has 0 amide bonds. The fourth-order valence-corrected chi connectivity index (χ4v) is 1.74. The van der Waals surface area contributed by atoms with Crippen molar-refractivity contribution in [1.82, 2.24) is 5.32 Å². The fourth-order valence-electron chi connectivity index (χ4n) is 1.74. The third-order valence-electron chi connectivity index (χ3n) is 3.14. The molecule has 17 heavy (non-hydrogen) atoms. The Morgan fingerprint density at radius 2 is 1.88 bits per heavy atom. The molecular weight excluding hydrogens is 212 g/mol. The van der Waals surface area contributed by atoms with E-state index in [1.54, 1.807) is 7.11 Å². The molecular formula is C14H24N2O. The molecule has 0 spiro atoms. The van der Waals surface area contributed by atoms with Crippen LogP contribution in [0.2, 0.25) is 0 Å². The number of benzene rings is 1. The molecule has 1 unspecified atom stereocenters. The van der Waals surface area contributed by atoms with E-state index < -0.39 is 0 Å². The van der Waals surface area contributed by atoms with Crippen molar-refractivity contribution in [3.8, 4) is 5.75 Å². The lowest BCUT2D eigenvalue weighted by molar-refractivity contribution is 0.370. The SMILES string of the molecule is COc1ccc(CNCC(CN)C(C)C)cc1. The maximum atomic E-state index is 5.73. The predicted molar refractivity (Wildman–Crippen MR) is 72.1 cm³/mol. The van der Waals surface area contributed by atoms with Gasteiger partial charge in [0, 0.05) is 6.54 Å². The van der Waals surface area contributed by atoms with E-state index in [0.29, 0.717) is 11.8 Å². The van der Waals surface area contributed by atoms with Crippen molar-refractivity contribution in [3.05, 3.63) is 29.8 Å². The van der Waals surface area contributed by atoms with E-state index >= 15 is 0 Å². The maximum Gasteiger partial charge on any atom is 0.118 e. The van der Waals surface area contributed by atoms with Gasteiger partial charge in [0.1, 0.15) is 5.75 Å². The number of methoxy groups -OCH3 is 1. The van der Waals surface area contributed by atoms with Crippen LogP contribution < -0.4 is 15.8 Å². The minimum atomic E-state index is 0.549. The van der Waals surface area contributed by atoms with Gasteiger partial charge in [0.2, 0.25) is 0 Å². The summed E-state index contributed by atoms with van der Waals surface area (Å²) in [6.45, 7) is 7.03. The molecule has 0 bridgehead atoms. The van der Waals surface area contributed by atoms with E-state index in [1.165, 1.54) is 5.56 Å². The van der Waals surface area contributed by atoms with E-state index in [9.17, 15) is 0 Å². The second-order valence-corrected chi connectivity index (χ2v) is 4.72. The first kappa shape index (κ1) is 14.0. The summed E-state index contributed by atoms with van der Waals surface area (Å²) in [6.07, 6.45) is 0. The molecule has 0 saturated carbocycles. The third kappa shape index (κ3) is 4.75. The van der Waals surface area contributed by atoms with Gasteiger partial charge in [-0.05, 0) is 42.6 Å². The van der Waals surface area contributed by atoms with Crippen molar-refractivity contribution in [2.45, 2.75) is 20.4 Å². The van der Waals surface area contributed by atoms with Crippen molar-refractivity contribution in [3.63, 3.8) is 0 Å². The molecule has 0 saturated heterocycles. The van der Waals surface area contributed by atoms with Crippen LogP contribution in [0, 0.1) is 11.8 Å². The molecule has 0 fully saturated rings. The topological polar surface area (TPSA) is 47.3 Å². The average molecular weight is 236 g/mol. The van der Waals surface area contributed by atoms with E-state index in [-0.39, 0.29) is 0 Å². The zero-order valence-electron chi connectivity index (χ0n) is 11.1. The van der Waals surface area contributed by atoms with Crippen LogP contribution >= 0.6 is 0 Å². The highest BCUT2D eigenvalue weighted by Gasteiger charge is 2.10. The van der Waals surface area contributed by atoms with Crippen molar-refractivity contribution < 1.29 is 4.74 Å². The van der Waals surface area contributed by atoms with Gasteiger partial charge in [0.05, 0.1) is 7.11 Å². The second kappa shape index (κ2) is 7.30. The zero-order valence-corrected chi connectivity index (χ0v) is 11.1. The Balaban J connectivity index is 2.34. The molecule has 3 N–H and O–H groups in total. The summed E-state index contributed by atoms with van der Waals surface area (Å²) in [5, 5.41) is 3.45. The molecule has 1 rings (SSSR count). The number of ether oxygens (including phenoxy) is 1. The first-order valence-corrected chi connectivity index (χ1v) is 6.21. The van der Waals surface area contributed by atoms with Crippen molar-refractivity contribution in [2.75, 3.05) is 20.2 Å². The normalized spacial score (nSPS) is 12.8. The van der Waals surface area contributed by atoms with Gasteiger partial charge in [-0.3, -0.25) is 0 Å². The lowest BCUT2D eigenvalue weighted by Crippen LogP contribution is -2.31. The summed E-state index contributed by atoms with van der Waals surface area (Å²) in [6, 6.07) is 8.14. The van der Waals surface area contributed by atoms with Gasteiger partial charge in [0.25, 0.3) is 0 Å². The van der Waals surface area contributed by atoms with Crippen LogP contribution in [0.25, 0.3) is 0 Å². The number of rotatable bonds is 7. The highest BCUT2D eigenvalue weighted by atomic mass is 16.5. The summed E-state index contributed by atoms with van der Waals surface area (Å²) in [4.78, 5) is 0. The molecule has 3 nitrogen and oxygen atoms in total. The number of hydrogen-bond acceptors (Lipinski definition) is 3. The molecule has 0 heterocycles. The van der Waals surface area contributed by atoms with Gasteiger partial charge in [-0.1, -0.05) is 26.0 Å². The summed E-state index contributed by atoms with van der Waals surface area (Å²) < 4.78 is 5.12. The molecule has 1 atom stereocenters. The summed E-state index contributed by atoms with van der Waals surface area (Å²) in [5.41, 5.74) is 7.00. The Kier molecular flexibility index (Phi) is 6.01. The Hall–Kier alpha value is -1.06. The molecule has 0 aliphatic carbocycles. The van der Waals surface area contributed by atoms with Gasteiger partial charge in [0.15, 0.2) is 0 Å². The summed E-state index contributed by atoms with van der Waals surface area (Å²) in [5.74, 6) is 2.08. The zero-order chi connectivity index (χ0) is 12.7. The van der Waals surface area contributed by atoms with Crippen LogP contribution in [0.4, 0.5) is 0 Å². The van der Waals surface area contributed by atoms with Gasteiger partial charge in [-0.15, -0.1) is 0 Å². The summed E-state index contributed by atoms with van der Waals surface area (Å²) in [7, 11) is 1.68. The van der Waals surface area contributed by atoms with Gasteiger partial charge in [-0.25, -0.2) is 0 Å². The smallest absolute Gasteiger partial charge is 0.118 e. The Labute approximate surface area is 104 Å². The lowest BCUT2D eigenvalue weighted by Gasteiger charge is -2.19. The molecule has 0 aliphatic rings. The highest BCUT2D eigenvalue weighted by Crippen LogP contribution is 2.11. The molecule has 3 heteroatoms. The number of nitrogens with one attached hydrogen (secondary N) is 1. The van der Waals surface area contributed by atoms with Crippen LogP contribution in [-0.2, 0) is 6.54 Å². The minimum absolute atomic E-state index is 0.549. The fraction of sp³-hybridized carbons (Fsp3) is 0.571. The Morgan fingerprint density at radius 3 is 2.35 bits per heavy atom. The molecule has 0 radical (unpaired) electrons. The Morgan fingerprint density at radius 1 is 1.24 bits per heavy atom. The largest absolute Gasteiger partial charge is 0.497 e. The van der Waals surface area contributed by atoms with E-state index in [4.69, 9.17) is 10.5 Å². The first-order valence-electron chi connectivity index (χ1n) is 6.21. The van der Waals surface area contributed by atoms with Crippen LogP contribution in [0.5, 0.6) is 5.75 Å². The van der Waals surface area contributed by atoms with Crippen molar-refractivity contribution in [2.24, 2.45) is 17.6 Å². The molecule has 0 aromatic heterocycles. The van der Waals surface area contributed by atoms with E-state index in [0.717, 1.165) is 25.4 Å². The first-order chi connectivity index (χ1) is 8.17. The van der Waals surface area contributed by atoms with Gasteiger partial charge >= 0.3 is 0 Å². The van der Waals surface area contributed by atoms with Crippen LogP contribution in [-0.4, -0.2) is 20.2 Å². The Bertz CT molecular complexity index is 309. The van der Waals surface area contributed by atoms with Gasteiger partial charge in [-0.2, -0.15) is 0 Å². The minimum Gasteiger partial charge on any atom is -0.497 e. The van der Waals surface area contributed by atoms with Crippen molar-refractivity contribution in [1.29, 1.82) is 0 Å². The van der Waals surface area contributed by atoms with Crippen LogP contribution in [0.15, 0.2) is 24.3 Å². The maximum absolute atomic E-state index is 5.73. The van der Waals surface area contributed by atoms with E-state index in [1.807, 2.05) is 12.1 Å². The molecule has 1 aromatic carbocycles. The van der Waals surface area contributed by atoms with Gasteiger partial charge < -0.3 is 15.8 Å². The summed E-state index contributed by atoms with van der Waals surface area (Å²) >= 11 is 0. The van der Waals surface area contributed by atoms with Crippen LogP contribution in [0.1, 0.15) is 19.4 Å².